The molecule has 22 heavy (non-hydrogen) atoms. The van der Waals surface area contributed by atoms with E-state index in [-0.39, 0.29) is 0 Å². The first-order valence-electron chi connectivity index (χ1n) is 7.06. The average Bonchev–Trinajstić information content (AvgIpc) is 2.44. The summed E-state index contributed by atoms with van der Waals surface area (Å²) in [4.78, 5) is 27.8. The Labute approximate surface area is 129 Å². The van der Waals surface area contributed by atoms with Crippen LogP contribution < -0.4 is 5.32 Å². The number of aromatic nitrogens is 1. The van der Waals surface area contributed by atoms with Gasteiger partial charge in [-0.3, -0.25) is 4.98 Å². The molecular formula is C17H20N2O3. The molecule has 0 aliphatic rings. The number of alkyl carbamates (subject to hydrolysis) is 1. The second kappa shape index (κ2) is 5.75. The van der Waals surface area contributed by atoms with Crippen LogP contribution in [-0.4, -0.2) is 23.0 Å². The second-order valence-corrected chi connectivity index (χ2v) is 6.36. The third kappa shape index (κ3) is 3.61. The lowest BCUT2D eigenvalue weighted by atomic mass is 9.94. The number of pyridine rings is 1. The zero-order valence-corrected chi connectivity index (χ0v) is 13.2. The Morgan fingerprint density at radius 2 is 1.91 bits per heavy atom. The Morgan fingerprint density at radius 3 is 2.55 bits per heavy atom. The number of hydrogen-bond acceptors (Lipinski definition) is 4. The van der Waals surface area contributed by atoms with Crippen LogP contribution in [0.1, 0.15) is 33.3 Å². The van der Waals surface area contributed by atoms with Crippen molar-refractivity contribution in [3.05, 3.63) is 42.1 Å². The van der Waals surface area contributed by atoms with Gasteiger partial charge in [-0.15, -0.1) is 0 Å². The summed E-state index contributed by atoms with van der Waals surface area (Å²) in [5, 5.41) is 3.51. The zero-order chi connectivity index (χ0) is 16.4. The van der Waals surface area contributed by atoms with Crippen molar-refractivity contribution >= 4 is 23.3 Å². The van der Waals surface area contributed by atoms with Crippen LogP contribution in [0.25, 0.3) is 10.9 Å². The molecule has 1 heterocycles. The van der Waals surface area contributed by atoms with Crippen molar-refractivity contribution in [2.24, 2.45) is 0 Å². The quantitative estimate of drug-likeness (QED) is 0.884. The van der Waals surface area contributed by atoms with Crippen molar-refractivity contribution in [1.82, 2.24) is 10.3 Å². The maximum absolute atomic E-state index is 12.0. The zero-order valence-electron chi connectivity index (χ0n) is 13.2. The van der Waals surface area contributed by atoms with E-state index >= 15 is 0 Å². The molecule has 2 rings (SSSR count). The van der Waals surface area contributed by atoms with Gasteiger partial charge in [0, 0.05) is 17.1 Å². The molecule has 0 saturated carbocycles. The highest BCUT2D eigenvalue weighted by molar-refractivity contribution is 5.82. The Morgan fingerprint density at radius 1 is 1.23 bits per heavy atom. The summed E-state index contributed by atoms with van der Waals surface area (Å²) in [6.45, 7) is 6.92. The molecule has 1 N–H and O–H groups in total. The topological polar surface area (TPSA) is 68.3 Å². The first kappa shape index (κ1) is 15.9. The summed E-state index contributed by atoms with van der Waals surface area (Å²) in [6.07, 6.45) is 1.63. The van der Waals surface area contributed by atoms with Crippen molar-refractivity contribution in [1.29, 1.82) is 0 Å². The second-order valence-electron chi connectivity index (χ2n) is 6.36. The maximum atomic E-state index is 12.0. The lowest BCUT2D eigenvalue weighted by molar-refractivity contribution is -0.113. The number of amides is 1. The number of carbonyl (C=O) groups excluding carboxylic acids is 2. The smallest absolute Gasteiger partial charge is 0.408 e. The lowest BCUT2D eigenvalue weighted by Gasteiger charge is -2.27. The summed E-state index contributed by atoms with van der Waals surface area (Å²) in [5.74, 6) is 0. The number of para-hydroxylation sites is 1. The molecule has 1 unspecified atom stereocenters. The average molecular weight is 300 g/mol. The van der Waals surface area contributed by atoms with Crippen LogP contribution in [0.5, 0.6) is 0 Å². The normalized spacial score (nSPS) is 14.2. The number of nitrogens with zero attached hydrogens (tertiary/aromatic N) is 1. The molecule has 1 aromatic carbocycles. The van der Waals surface area contributed by atoms with Gasteiger partial charge in [-0.1, -0.05) is 18.2 Å². The molecule has 1 atom stereocenters. The van der Waals surface area contributed by atoms with Crippen molar-refractivity contribution < 1.29 is 14.3 Å². The van der Waals surface area contributed by atoms with Gasteiger partial charge < -0.3 is 14.8 Å². The molecule has 0 bridgehead atoms. The summed E-state index contributed by atoms with van der Waals surface area (Å²) < 4.78 is 5.21. The predicted octanol–water partition coefficient (Wildman–Crippen LogP) is 3.17. The number of benzene rings is 1. The third-order valence-corrected chi connectivity index (χ3v) is 3.19. The fraction of sp³-hybridized carbons (Fsp3) is 0.353. The highest BCUT2D eigenvalue weighted by Gasteiger charge is 2.31. The van der Waals surface area contributed by atoms with Gasteiger partial charge in [-0.25, -0.2) is 4.79 Å². The van der Waals surface area contributed by atoms with Crippen LogP contribution in [0.2, 0.25) is 0 Å². The number of hydrogen-bond donors (Lipinski definition) is 1. The minimum atomic E-state index is -1.20. The van der Waals surface area contributed by atoms with Crippen LogP contribution in [0.15, 0.2) is 36.5 Å². The molecule has 2 aromatic rings. The number of fused-ring (bicyclic) bond motifs is 1. The van der Waals surface area contributed by atoms with Gasteiger partial charge >= 0.3 is 6.09 Å². The highest BCUT2D eigenvalue weighted by atomic mass is 16.6. The predicted molar refractivity (Wildman–Crippen MR) is 84.5 cm³/mol. The summed E-state index contributed by atoms with van der Waals surface area (Å²) in [5.41, 5.74) is -0.390. The van der Waals surface area contributed by atoms with Crippen molar-refractivity contribution in [3.63, 3.8) is 0 Å². The Kier molecular flexibility index (Phi) is 4.17. The number of ether oxygens (including phenoxy) is 1. The Bertz CT molecular complexity index is 706. The molecule has 0 spiro atoms. The van der Waals surface area contributed by atoms with E-state index in [1.54, 1.807) is 33.9 Å². The van der Waals surface area contributed by atoms with Crippen LogP contribution >= 0.6 is 0 Å². The third-order valence-electron chi connectivity index (χ3n) is 3.19. The SMILES string of the molecule is CC(C)(C)OC(=O)NC(C)(C=O)c1cnc2ccccc2c1. The van der Waals surface area contributed by atoms with Gasteiger partial charge in [0.05, 0.1) is 5.52 Å². The fourth-order valence-corrected chi connectivity index (χ4v) is 2.04. The lowest BCUT2D eigenvalue weighted by Crippen LogP contribution is -2.47. The van der Waals surface area contributed by atoms with Gasteiger partial charge in [-0.2, -0.15) is 0 Å². The van der Waals surface area contributed by atoms with Gasteiger partial charge in [0.25, 0.3) is 0 Å². The maximum Gasteiger partial charge on any atom is 0.408 e. The molecule has 1 amide bonds. The summed E-state index contributed by atoms with van der Waals surface area (Å²) in [6, 6.07) is 9.43. The van der Waals surface area contributed by atoms with Crippen LogP contribution in [0.3, 0.4) is 0 Å². The molecule has 0 radical (unpaired) electrons. The molecule has 116 valence electrons. The van der Waals surface area contributed by atoms with Crippen LogP contribution in [0, 0.1) is 0 Å². The van der Waals surface area contributed by atoms with Crippen LogP contribution in [-0.2, 0) is 15.1 Å². The molecule has 1 aromatic heterocycles. The van der Waals surface area contributed by atoms with Gasteiger partial charge in [0.1, 0.15) is 17.4 Å². The summed E-state index contributed by atoms with van der Waals surface area (Å²) in [7, 11) is 0. The van der Waals surface area contributed by atoms with Crippen molar-refractivity contribution in [2.75, 3.05) is 0 Å². The molecule has 5 heteroatoms. The van der Waals surface area contributed by atoms with Gasteiger partial charge in [0.15, 0.2) is 0 Å². The number of rotatable bonds is 3. The van der Waals surface area contributed by atoms with Crippen molar-refractivity contribution in [2.45, 2.75) is 38.8 Å². The Balaban J connectivity index is 2.31. The van der Waals surface area contributed by atoms with Gasteiger partial charge in [-0.05, 0) is 39.8 Å². The minimum Gasteiger partial charge on any atom is -0.444 e. The highest BCUT2D eigenvalue weighted by Crippen LogP contribution is 2.22. The molecule has 0 aliphatic heterocycles. The van der Waals surface area contributed by atoms with Crippen LogP contribution in [0.4, 0.5) is 4.79 Å². The monoisotopic (exact) mass is 300 g/mol. The van der Waals surface area contributed by atoms with E-state index in [0.29, 0.717) is 11.8 Å². The molecule has 0 saturated heterocycles. The first-order valence-corrected chi connectivity index (χ1v) is 7.06. The standard InChI is InChI=1S/C17H20N2O3/c1-16(2,3)22-15(21)19-17(4,11-20)13-9-12-7-5-6-8-14(12)18-10-13/h5-11H,1-4H3,(H,19,21). The van der Waals surface area contributed by atoms with E-state index in [1.165, 1.54) is 0 Å². The number of aldehydes is 1. The molecule has 0 fully saturated rings. The Hall–Kier alpha value is -2.43. The molecule has 5 nitrogen and oxygen atoms in total. The van der Waals surface area contributed by atoms with E-state index in [0.717, 1.165) is 10.9 Å². The van der Waals surface area contributed by atoms with Gasteiger partial charge in [0.2, 0.25) is 0 Å². The van der Waals surface area contributed by atoms with E-state index < -0.39 is 17.2 Å². The van der Waals surface area contributed by atoms with E-state index in [9.17, 15) is 9.59 Å². The number of nitrogens with one attached hydrogen (secondary N) is 1. The van der Waals surface area contributed by atoms with E-state index in [4.69, 9.17) is 4.74 Å². The number of carbonyl (C=O) groups is 2. The molecular weight excluding hydrogens is 280 g/mol. The summed E-state index contributed by atoms with van der Waals surface area (Å²) >= 11 is 0. The van der Waals surface area contributed by atoms with Crippen molar-refractivity contribution in [3.8, 4) is 0 Å². The van der Waals surface area contributed by atoms with E-state index in [2.05, 4.69) is 10.3 Å². The fourth-order valence-electron chi connectivity index (χ4n) is 2.04. The first-order chi connectivity index (χ1) is 10.2. The largest absolute Gasteiger partial charge is 0.444 e. The van der Waals surface area contributed by atoms with E-state index in [1.807, 2.05) is 30.3 Å². The molecule has 0 aliphatic carbocycles. The minimum absolute atomic E-state index is 0.604.